The quantitative estimate of drug-likeness (QED) is 0.160. The van der Waals surface area contributed by atoms with Crippen molar-refractivity contribution in [2.24, 2.45) is 11.0 Å². The van der Waals surface area contributed by atoms with Gasteiger partial charge in [-0.25, -0.2) is 14.4 Å². The Labute approximate surface area is 181 Å². The fourth-order valence-electron chi connectivity index (χ4n) is 3.16. The van der Waals surface area contributed by atoms with Crippen LogP contribution in [0.2, 0.25) is 0 Å². The molecule has 174 valence electrons. The molecule has 0 radical (unpaired) electrons. The highest BCUT2D eigenvalue weighted by Crippen LogP contribution is 2.30. The van der Waals surface area contributed by atoms with Crippen molar-refractivity contribution in [3.05, 3.63) is 43.0 Å². The molecule has 0 aliphatic carbocycles. The van der Waals surface area contributed by atoms with E-state index in [4.69, 9.17) is 20.1 Å². The number of amides is 1. The highest BCUT2D eigenvalue weighted by Gasteiger charge is 2.37. The van der Waals surface area contributed by atoms with E-state index in [1.807, 2.05) is 0 Å². The number of hydrogen-bond acceptors (Lipinski definition) is 8. The lowest BCUT2D eigenvalue weighted by atomic mass is 10.0. The number of carbonyl (C=O) groups excluding carboxylic acids is 2. The van der Waals surface area contributed by atoms with E-state index in [9.17, 15) is 24.0 Å². The van der Waals surface area contributed by atoms with Crippen molar-refractivity contribution < 1.29 is 29.0 Å². The lowest BCUT2D eigenvalue weighted by Crippen LogP contribution is -2.45. The van der Waals surface area contributed by atoms with Crippen LogP contribution in [0.3, 0.4) is 0 Å². The summed E-state index contributed by atoms with van der Waals surface area (Å²) in [6, 6.07) is -2.08. The van der Waals surface area contributed by atoms with Crippen LogP contribution < -0.4 is 16.6 Å². The van der Waals surface area contributed by atoms with Crippen LogP contribution in [0.25, 0.3) is 10.4 Å². The molecule has 0 bridgehead atoms. The number of aryl methyl sites for hydroxylation is 1. The number of carboxylic acid groups (broad SMARTS) is 1. The normalized spacial score (nSPS) is 20.9. The maximum Gasteiger partial charge on any atom is 0.396 e. The molecule has 1 aromatic heterocycles. The number of aliphatic carboxylic acids is 1. The number of aromatic amines is 1. The number of hydrogen-bond donors (Lipinski definition) is 3. The van der Waals surface area contributed by atoms with Crippen molar-refractivity contribution in [2.75, 3.05) is 6.61 Å². The summed E-state index contributed by atoms with van der Waals surface area (Å²) < 4.78 is 11.7. The van der Waals surface area contributed by atoms with Crippen molar-refractivity contribution in [3.8, 4) is 0 Å². The first-order valence-electron chi connectivity index (χ1n) is 9.75. The van der Waals surface area contributed by atoms with Gasteiger partial charge < -0.3 is 19.9 Å². The molecular formula is C18H24N6O8. The second-order valence-corrected chi connectivity index (χ2v) is 7.71. The molecule has 1 amide bonds. The molecule has 4 atom stereocenters. The molecule has 2 heterocycles. The predicted molar refractivity (Wildman–Crippen MR) is 108 cm³/mol. The van der Waals surface area contributed by atoms with Gasteiger partial charge in [-0.2, -0.15) is 0 Å². The maximum absolute atomic E-state index is 12.1. The van der Waals surface area contributed by atoms with Gasteiger partial charge in [-0.1, -0.05) is 19.0 Å². The summed E-state index contributed by atoms with van der Waals surface area (Å²) >= 11 is 0. The van der Waals surface area contributed by atoms with E-state index in [2.05, 4.69) is 20.3 Å². The fourth-order valence-corrected chi connectivity index (χ4v) is 3.16. The Kier molecular flexibility index (Phi) is 8.15. The minimum Gasteiger partial charge on any atom is -0.480 e. The van der Waals surface area contributed by atoms with Gasteiger partial charge in [-0.05, 0) is 24.8 Å². The molecule has 1 aliphatic heterocycles. The number of nitrogens with one attached hydrogen (secondary N) is 2. The van der Waals surface area contributed by atoms with Crippen molar-refractivity contribution >= 4 is 17.8 Å². The van der Waals surface area contributed by atoms with Crippen LogP contribution in [0.4, 0.5) is 0 Å². The van der Waals surface area contributed by atoms with Gasteiger partial charge in [0.25, 0.3) is 5.56 Å². The molecule has 1 unspecified atom stereocenters. The monoisotopic (exact) mass is 452 g/mol. The summed E-state index contributed by atoms with van der Waals surface area (Å²) in [4.78, 5) is 63.7. The second kappa shape index (κ2) is 10.6. The summed E-state index contributed by atoms with van der Waals surface area (Å²) in [5.74, 6) is -3.89. The van der Waals surface area contributed by atoms with Gasteiger partial charge >= 0.3 is 23.5 Å². The molecule has 1 aliphatic rings. The third-order valence-electron chi connectivity index (χ3n) is 4.73. The minimum atomic E-state index is -1.33. The van der Waals surface area contributed by atoms with Crippen molar-refractivity contribution in [1.29, 1.82) is 0 Å². The number of H-pyrrole nitrogens is 1. The van der Waals surface area contributed by atoms with E-state index in [-0.39, 0.29) is 24.3 Å². The standard InChI is InChI=1S/C18H24N6O8/c1-8(2)4-11(16(27)28)20-15(26)17(29)31-7-12-10(22-23-19)5-13(32-12)24-6-9(3)14(25)21-18(24)30/h6,8,10-13H,4-5,7H2,1-3H3,(H,20,26)(H,27,28)(H,21,25,30)/t10-,11?,12+,13+/m0/s1. The van der Waals surface area contributed by atoms with E-state index < -0.39 is 60.1 Å². The molecule has 0 aromatic carbocycles. The molecular weight excluding hydrogens is 428 g/mol. The second-order valence-electron chi connectivity index (χ2n) is 7.71. The number of aromatic nitrogens is 2. The van der Waals surface area contributed by atoms with Gasteiger partial charge in [0, 0.05) is 23.1 Å². The number of azide groups is 1. The maximum atomic E-state index is 12.1. The first-order chi connectivity index (χ1) is 15.0. The Hall–Kier alpha value is -3.64. The topological polar surface area (TPSA) is 206 Å². The molecule has 32 heavy (non-hydrogen) atoms. The van der Waals surface area contributed by atoms with Gasteiger partial charge in [0.1, 0.15) is 25.0 Å². The van der Waals surface area contributed by atoms with E-state index in [0.717, 1.165) is 4.57 Å². The molecule has 1 aromatic rings. The van der Waals surface area contributed by atoms with Crippen LogP contribution in [0.5, 0.6) is 0 Å². The number of carbonyl (C=O) groups is 3. The highest BCUT2D eigenvalue weighted by atomic mass is 16.6. The van der Waals surface area contributed by atoms with Crippen LogP contribution in [0, 0.1) is 12.8 Å². The van der Waals surface area contributed by atoms with Crippen molar-refractivity contribution in [1.82, 2.24) is 14.9 Å². The van der Waals surface area contributed by atoms with Crippen LogP contribution in [0.15, 0.2) is 20.9 Å². The van der Waals surface area contributed by atoms with Crippen LogP contribution in [-0.4, -0.2) is 57.3 Å². The third kappa shape index (κ3) is 6.18. The molecule has 1 saturated heterocycles. The van der Waals surface area contributed by atoms with Gasteiger partial charge in [0.2, 0.25) is 0 Å². The number of nitrogens with zero attached hydrogens (tertiary/aromatic N) is 4. The first kappa shape index (κ1) is 24.6. The number of carboxylic acids is 1. The van der Waals surface area contributed by atoms with E-state index in [1.54, 1.807) is 13.8 Å². The molecule has 2 rings (SSSR count). The smallest absolute Gasteiger partial charge is 0.396 e. The molecule has 0 saturated carbocycles. The van der Waals surface area contributed by atoms with Gasteiger partial charge in [-0.3, -0.25) is 19.1 Å². The molecule has 1 fully saturated rings. The Morgan fingerprint density at radius 2 is 2.12 bits per heavy atom. The summed E-state index contributed by atoms with van der Waals surface area (Å²) in [5.41, 5.74) is 7.76. The van der Waals surface area contributed by atoms with Crippen molar-refractivity contribution in [3.63, 3.8) is 0 Å². The summed E-state index contributed by atoms with van der Waals surface area (Å²) in [5, 5.41) is 14.8. The van der Waals surface area contributed by atoms with Crippen LogP contribution >= 0.6 is 0 Å². The first-order valence-corrected chi connectivity index (χ1v) is 9.75. The lowest BCUT2D eigenvalue weighted by Gasteiger charge is -2.18. The summed E-state index contributed by atoms with van der Waals surface area (Å²) in [6.07, 6.45) is -0.416. The zero-order chi connectivity index (χ0) is 24.0. The van der Waals surface area contributed by atoms with E-state index in [1.165, 1.54) is 13.1 Å². The van der Waals surface area contributed by atoms with Gasteiger partial charge in [0.05, 0.1) is 6.04 Å². The van der Waals surface area contributed by atoms with Crippen LogP contribution in [-0.2, 0) is 23.9 Å². The SMILES string of the molecule is Cc1cn([C@H]2C[C@H](N=[N+]=[N-])[C@@H](COC(=O)C(=O)NC(CC(C)C)C(=O)O)O2)c(=O)[nH]c1=O. The lowest BCUT2D eigenvalue weighted by molar-refractivity contribution is -0.159. The average Bonchev–Trinajstić information content (AvgIpc) is 3.10. The van der Waals surface area contributed by atoms with Crippen LogP contribution in [0.1, 0.15) is 38.5 Å². The van der Waals surface area contributed by atoms with Gasteiger partial charge in [0.15, 0.2) is 0 Å². The zero-order valence-electron chi connectivity index (χ0n) is 17.7. The Balaban J connectivity index is 2.05. The zero-order valence-corrected chi connectivity index (χ0v) is 17.7. The summed E-state index contributed by atoms with van der Waals surface area (Å²) in [7, 11) is 0. The Bertz CT molecular complexity index is 1040. The Morgan fingerprint density at radius 3 is 2.72 bits per heavy atom. The molecule has 3 N–H and O–H groups in total. The third-order valence-corrected chi connectivity index (χ3v) is 4.73. The largest absolute Gasteiger partial charge is 0.480 e. The average molecular weight is 452 g/mol. The molecule has 14 nitrogen and oxygen atoms in total. The van der Waals surface area contributed by atoms with E-state index in [0.29, 0.717) is 0 Å². The summed E-state index contributed by atoms with van der Waals surface area (Å²) in [6.45, 7) is 4.54. The molecule has 0 spiro atoms. The predicted octanol–water partition coefficient (Wildman–Crippen LogP) is -0.0299. The molecule has 14 heteroatoms. The minimum absolute atomic E-state index is 0.0409. The van der Waals surface area contributed by atoms with E-state index >= 15 is 0 Å². The fraction of sp³-hybridized carbons (Fsp3) is 0.611. The number of rotatable bonds is 8. The van der Waals surface area contributed by atoms with Gasteiger partial charge in [-0.15, -0.1) is 0 Å². The van der Waals surface area contributed by atoms with Crippen molar-refractivity contribution in [2.45, 2.75) is 58.0 Å². The number of ether oxygens (including phenoxy) is 2. The number of esters is 1. The Morgan fingerprint density at radius 1 is 1.44 bits per heavy atom. The highest BCUT2D eigenvalue weighted by molar-refractivity contribution is 6.32.